The molecule has 2 aromatic carbocycles. The van der Waals surface area contributed by atoms with Crippen molar-refractivity contribution in [1.29, 1.82) is 0 Å². The van der Waals surface area contributed by atoms with Gasteiger partial charge in [-0.15, -0.1) is 11.8 Å². The zero-order valence-corrected chi connectivity index (χ0v) is 13.6. The van der Waals surface area contributed by atoms with Crippen LogP contribution in [0.3, 0.4) is 0 Å². The maximum atomic E-state index is 12.8. The van der Waals surface area contributed by atoms with Crippen molar-refractivity contribution in [3.05, 3.63) is 64.9 Å². The molecule has 116 valence electrons. The molecule has 0 aliphatic heterocycles. The van der Waals surface area contributed by atoms with Crippen LogP contribution >= 0.6 is 23.4 Å². The Balaban J connectivity index is 1.61. The van der Waals surface area contributed by atoms with Crippen molar-refractivity contribution < 1.29 is 9.18 Å². The molecule has 2 nitrogen and oxygen atoms in total. The molecule has 0 unspecified atom stereocenters. The fourth-order valence-corrected chi connectivity index (χ4v) is 2.86. The molecule has 0 aromatic heterocycles. The van der Waals surface area contributed by atoms with Gasteiger partial charge in [0.05, 0.1) is 0 Å². The molecule has 0 spiro atoms. The summed E-state index contributed by atoms with van der Waals surface area (Å²) >= 11 is 7.45. The maximum Gasteiger partial charge on any atom is 0.220 e. The number of carbonyl (C=O) groups is 1. The lowest BCUT2D eigenvalue weighted by molar-refractivity contribution is -0.120. The molecule has 1 amide bonds. The van der Waals surface area contributed by atoms with Crippen LogP contribution in [-0.2, 0) is 11.2 Å². The van der Waals surface area contributed by atoms with E-state index < -0.39 is 0 Å². The molecular formula is C17H17ClFNOS. The van der Waals surface area contributed by atoms with Crippen LogP contribution in [0.4, 0.5) is 4.39 Å². The van der Waals surface area contributed by atoms with Gasteiger partial charge in [0.2, 0.25) is 5.91 Å². The topological polar surface area (TPSA) is 29.1 Å². The molecule has 0 aliphatic carbocycles. The highest BCUT2D eigenvalue weighted by atomic mass is 35.5. The van der Waals surface area contributed by atoms with E-state index in [-0.39, 0.29) is 11.7 Å². The van der Waals surface area contributed by atoms with Gasteiger partial charge in [-0.05, 0) is 48.4 Å². The van der Waals surface area contributed by atoms with Crippen LogP contribution in [0, 0.1) is 5.82 Å². The normalized spacial score (nSPS) is 10.5. The largest absolute Gasteiger partial charge is 0.356 e. The van der Waals surface area contributed by atoms with Gasteiger partial charge in [0.15, 0.2) is 0 Å². The summed E-state index contributed by atoms with van der Waals surface area (Å²) in [4.78, 5) is 12.8. The first-order valence-corrected chi connectivity index (χ1v) is 8.39. The van der Waals surface area contributed by atoms with E-state index in [2.05, 4.69) is 5.32 Å². The summed E-state index contributed by atoms with van der Waals surface area (Å²) < 4.78 is 12.8. The van der Waals surface area contributed by atoms with E-state index in [0.717, 1.165) is 16.2 Å². The summed E-state index contributed by atoms with van der Waals surface area (Å²) in [6.07, 6.45) is 1.17. The summed E-state index contributed by atoms with van der Waals surface area (Å²) in [5.74, 6) is 0.514. The second-order valence-corrected chi connectivity index (χ2v) is 6.38. The Hall–Kier alpha value is -1.52. The smallest absolute Gasteiger partial charge is 0.220 e. The summed E-state index contributed by atoms with van der Waals surface area (Å²) in [6, 6.07) is 13.9. The highest BCUT2D eigenvalue weighted by Crippen LogP contribution is 2.20. The molecule has 0 fully saturated rings. The van der Waals surface area contributed by atoms with Gasteiger partial charge in [-0.1, -0.05) is 23.7 Å². The third-order valence-corrected chi connectivity index (χ3v) is 4.33. The molecule has 0 aliphatic rings. The Labute approximate surface area is 139 Å². The standard InChI is InChI=1S/C17H17ClFNOS/c18-14-3-7-16(8-4-14)22-12-10-17(21)20-11-9-13-1-5-15(19)6-2-13/h1-8H,9-12H2,(H,20,21). The Morgan fingerprint density at radius 3 is 2.45 bits per heavy atom. The summed E-state index contributed by atoms with van der Waals surface area (Å²) in [6.45, 7) is 0.566. The van der Waals surface area contributed by atoms with Gasteiger partial charge in [0.25, 0.3) is 0 Å². The van der Waals surface area contributed by atoms with E-state index in [1.165, 1.54) is 12.1 Å². The summed E-state index contributed by atoms with van der Waals surface area (Å²) in [5.41, 5.74) is 1.01. The van der Waals surface area contributed by atoms with Crippen molar-refractivity contribution in [2.24, 2.45) is 0 Å². The molecular weight excluding hydrogens is 321 g/mol. The lowest BCUT2D eigenvalue weighted by Gasteiger charge is -2.06. The predicted octanol–water partition coefficient (Wildman–Crippen LogP) is 4.32. The molecule has 5 heteroatoms. The van der Waals surface area contributed by atoms with Crippen molar-refractivity contribution >= 4 is 29.3 Å². The summed E-state index contributed by atoms with van der Waals surface area (Å²) in [7, 11) is 0. The second-order valence-electron chi connectivity index (χ2n) is 4.78. The minimum absolute atomic E-state index is 0.0311. The molecule has 0 radical (unpaired) electrons. The first-order valence-electron chi connectivity index (χ1n) is 7.03. The van der Waals surface area contributed by atoms with Gasteiger partial charge in [0, 0.05) is 28.6 Å². The van der Waals surface area contributed by atoms with Crippen molar-refractivity contribution in [2.75, 3.05) is 12.3 Å². The average molecular weight is 338 g/mol. The Morgan fingerprint density at radius 2 is 1.77 bits per heavy atom. The number of thioether (sulfide) groups is 1. The minimum Gasteiger partial charge on any atom is -0.356 e. The second kappa shape index (κ2) is 8.81. The third-order valence-electron chi connectivity index (χ3n) is 3.06. The molecule has 22 heavy (non-hydrogen) atoms. The van der Waals surface area contributed by atoms with Crippen LogP contribution in [0.25, 0.3) is 0 Å². The van der Waals surface area contributed by atoms with Crippen molar-refractivity contribution in [2.45, 2.75) is 17.7 Å². The van der Waals surface area contributed by atoms with E-state index in [4.69, 9.17) is 11.6 Å². The molecule has 0 saturated heterocycles. The van der Waals surface area contributed by atoms with Gasteiger partial charge in [-0.2, -0.15) is 0 Å². The van der Waals surface area contributed by atoms with E-state index in [1.54, 1.807) is 23.9 Å². The Kier molecular flexibility index (Phi) is 6.74. The number of nitrogens with one attached hydrogen (secondary N) is 1. The Bertz CT molecular complexity index is 548. The number of amides is 1. The Morgan fingerprint density at radius 1 is 1.09 bits per heavy atom. The molecule has 2 aromatic rings. The molecule has 0 atom stereocenters. The number of rotatable bonds is 7. The number of carbonyl (C=O) groups excluding carboxylic acids is 1. The van der Waals surface area contributed by atoms with Gasteiger partial charge < -0.3 is 5.32 Å². The number of hydrogen-bond donors (Lipinski definition) is 1. The molecule has 0 heterocycles. The lowest BCUT2D eigenvalue weighted by atomic mass is 10.1. The quantitative estimate of drug-likeness (QED) is 0.762. The van der Waals surface area contributed by atoms with E-state index >= 15 is 0 Å². The number of benzene rings is 2. The number of halogens is 2. The molecule has 1 N–H and O–H groups in total. The van der Waals surface area contributed by atoms with E-state index in [9.17, 15) is 9.18 Å². The van der Waals surface area contributed by atoms with Gasteiger partial charge in [0.1, 0.15) is 5.82 Å². The zero-order valence-electron chi connectivity index (χ0n) is 12.0. The van der Waals surface area contributed by atoms with Gasteiger partial charge in [-0.25, -0.2) is 4.39 Å². The van der Waals surface area contributed by atoms with Crippen LogP contribution in [0.15, 0.2) is 53.4 Å². The minimum atomic E-state index is -0.244. The monoisotopic (exact) mass is 337 g/mol. The average Bonchev–Trinajstić information content (AvgIpc) is 2.51. The lowest BCUT2D eigenvalue weighted by Crippen LogP contribution is -2.25. The van der Waals surface area contributed by atoms with Crippen LogP contribution in [0.2, 0.25) is 5.02 Å². The first kappa shape index (κ1) is 16.8. The first-order chi connectivity index (χ1) is 10.6. The van der Waals surface area contributed by atoms with Crippen LogP contribution < -0.4 is 5.32 Å². The van der Waals surface area contributed by atoms with Crippen molar-refractivity contribution in [3.63, 3.8) is 0 Å². The van der Waals surface area contributed by atoms with Crippen molar-refractivity contribution in [1.82, 2.24) is 5.32 Å². The molecule has 0 bridgehead atoms. The van der Waals surface area contributed by atoms with E-state index in [0.29, 0.717) is 24.4 Å². The van der Waals surface area contributed by atoms with Crippen molar-refractivity contribution in [3.8, 4) is 0 Å². The zero-order chi connectivity index (χ0) is 15.8. The van der Waals surface area contributed by atoms with Crippen LogP contribution in [-0.4, -0.2) is 18.2 Å². The number of hydrogen-bond acceptors (Lipinski definition) is 2. The third kappa shape index (κ3) is 6.08. The SMILES string of the molecule is O=C(CCSc1ccc(Cl)cc1)NCCc1ccc(F)cc1. The molecule has 2 rings (SSSR count). The van der Waals surface area contributed by atoms with E-state index in [1.807, 2.05) is 24.3 Å². The predicted molar refractivity (Wildman–Crippen MR) is 89.9 cm³/mol. The highest BCUT2D eigenvalue weighted by Gasteiger charge is 2.02. The van der Waals surface area contributed by atoms with Gasteiger partial charge in [-0.3, -0.25) is 4.79 Å². The summed E-state index contributed by atoms with van der Waals surface area (Å²) in [5, 5.41) is 3.59. The highest BCUT2D eigenvalue weighted by molar-refractivity contribution is 7.99. The van der Waals surface area contributed by atoms with Crippen LogP contribution in [0.1, 0.15) is 12.0 Å². The fourth-order valence-electron chi connectivity index (χ4n) is 1.88. The van der Waals surface area contributed by atoms with Gasteiger partial charge >= 0.3 is 0 Å². The fraction of sp³-hybridized carbons (Fsp3) is 0.235. The maximum absolute atomic E-state index is 12.8. The molecule has 0 saturated carbocycles. The van der Waals surface area contributed by atoms with Crippen LogP contribution in [0.5, 0.6) is 0 Å².